The molecule has 1 aromatic heterocycles. The molecule has 31 heavy (non-hydrogen) atoms. The molecule has 3 aromatic rings. The number of carbonyl (C=O) groups excluding carboxylic acids is 2. The van der Waals surface area contributed by atoms with Crippen LogP contribution in [0.15, 0.2) is 60.0 Å². The van der Waals surface area contributed by atoms with Gasteiger partial charge in [0, 0.05) is 37.7 Å². The number of pyridine rings is 1. The zero-order valence-corrected chi connectivity index (χ0v) is 18.0. The fraction of sp³-hybridized carbons (Fsp3) is 0.182. The third-order valence-electron chi connectivity index (χ3n) is 5.37. The number of nitrogens with zero attached hydrogens (tertiary/aromatic N) is 3. The maximum absolute atomic E-state index is 13.1. The normalized spacial score (nSPS) is 13.5. The molecule has 0 unspecified atom stereocenters. The van der Waals surface area contributed by atoms with Crippen LogP contribution in [0.3, 0.4) is 0 Å². The van der Waals surface area contributed by atoms with Crippen LogP contribution in [-0.2, 0) is 16.0 Å². The molecule has 0 bridgehead atoms. The van der Waals surface area contributed by atoms with Gasteiger partial charge in [-0.15, -0.1) is 0 Å². The van der Waals surface area contributed by atoms with Crippen LogP contribution in [0, 0.1) is 0 Å². The Morgan fingerprint density at radius 2 is 1.97 bits per heavy atom. The van der Waals surface area contributed by atoms with E-state index < -0.39 is 13.0 Å². The number of rotatable bonds is 5. The summed E-state index contributed by atoms with van der Waals surface area (Å²) < 4.78 is 0. The Bertz CT molecular complexity index is 1170. The second-order valence-electron chi connectivity index (χ2n) is 7.36. The van der Waals surface area contributed by atoms with Gasteiger partial charge in [-0.05, 0) is 33.6 Å². The number of fused-ring (bicyclic) bond motifs is 2. The van der Waals surface area contributed by atoms with Gasteiger partial charge < -0.3 is 10.8 Å². The first kappa shape index (κ1) is 22.7. The van der Waals surface area contributed by atoms with Crippen LogP contribution in [0.2, 0.25) is 0 Å². The molecule has 0 fully saturated rings. The maximum Gasteiger partial charge on any atom is 0.474 e. The average Bonchev–Trinajstić information content (AvgIpc) is 2.74. The monoisotopic (exact) mass is 434 g/mol. The molecule has 1 atom stereocenters. The minimum Gasteiger partial charge on any atom is -0.427 e. The zero-order chi connectivity index (χ0) is 21.3. The average molecular weight is 434 g/mol. The maximum atomic E-state index is 13.1. The molecule has 1 amide bonds. The standard InChI is InChI=1S/C22H21BN4O3.H2S/c1-14(28)27-23(30)21-10-17(4-5-19(21)13-26-27)20(11-24)22(29)9-15-2-3-18-12-25-7-6-16(18)8-15;/h2-8,10,12-13,20,30H,9,11,24H2,1H3;1H2/t20-;/m1./s1. The van der Waals surface area contributed by atoms with Crippen molar-refractivity contribution < 1.29 is 14.6 Å². The van der Waals surface area contributed by atoms with Crippen molar-refractivity contribution >= 4 is 54.7 Å². The van der Waals surface area contributed by atoms with Crippen LogP contribution in [0.5, 0.6) is 0 Å². The highest BCUT2D eigenvalue weighted by Crippen LogP contribution is 2.21. The fourth-order valence-corrected chi connectivity index (χ4v) is 3.74. The van der Waals surface area contributed by atoms with Gasteiger partial charge in [0.15, 0.2) is 0 Å². The highest BCUT2D eigenvalue weighted by molar-refractivity contribution is 7.59. The number of ketones is 1. The van der Waals surface area contributed by atoms with Gasteiger partial charge in [-0.3, -0.25) is 14.6 Å². The third-order valence-corrected chi connectivity index (χ3v) is 5.37. The van der Waals surface area contributed by atoms with Crippen molar-refractivity contribution in [1.29, 1.82) is 0 Å². The van der Waals surface area contributed by atoms with E-state index in [1.807, 2.05) is 30.3 Å². The van der Waals surface area contributed by atoms with E-state index in [0.717, 1.165) is 21.3 Å². The molecule has 0 saturated carbocycles. The van der Waals surface area contributed by atoms with Gasteiger partial charge in [0.05, 0.1) is 12.1 Å². The number of hydrazone groups is 1. The lowest BCUT2D eigenvalue weighted by Gasteiger charge is -2.25. The number of benzene rings is 2. The summed E-state index contributed by atoms with van der Waals surface area (Å²) in [5, 5.41) is 16.5. The van der Waals surface area contributed by atoms with Crippen molar-refractivity contribution in [2.75, 3.05) is 6.54 Å². The molecule has 0 spiro atoms. The number of carbonyl (C=O) groups is 2. The Morgan fingerprint density at radius 1 is 1.16 bits per heavy atom. The highest BCUT2D eigenvalue weighted by Gasteiger charge is 2.33. The molecule has 1 aliphatic rings. The molecular formula is C22H23BN4O3S. The van der Waals surface area contributed by atoms with Crippen molar-refractivity contribution in [3.8, 4) is 0 Å². The molecule has 3 N–H and O–H groups in total. The van der Waals surface area contributed by atoms with E-state index >= 15 is 0 Å². The first-order valence-electron chi connectivity index (χ1n) is 9.69. The summed E-state index contributed by atoms with van der Waals surface area (Å²) in [4.78, 5) is 29.8. The van der Waals surface area contributed by atoms with Crippen LogP contribution in [0.1, 0.15) is 29.5 Å². The number of amides is 1. The Hall–Kier alpha value is -3.01. The summed E-state index contributed by atoms with van der Waals surface area (Å²) in [5.41, 5.74) is 8.81. The van der Waals surface area contributed by atoms with Crippen molar-refractivity contribution in [3.63, 3.8) is 0 Å². The predicted molar refractivity (Wildman–Crippen MR) is 127 cm³/mol. The second kappa shape index (κ2) is 9.42. The molecule has 4 rings (SSSR count). The molecule has 0 aliphatic carbocycles. The Morgan fingerprint density at radius 3 is 2.71 bits per heavy atom. The summed E-state index contributed by atoms with van der Waals surface area (Å²) in [6.07, 6.45) is 5.29. The lowest BCUT2D eigenvalue weighted by atomic mass is 9.68. The van der Waals surface area contributed by atoms with E-state index in [2.05, 4.69) is 10.1 Å². The molecule has 1 aliphatic heterocycles. The molecule has 2 heterocycles. The first-order chi connectivity index (χ1) is 14.5. The summed E-state index contributed by atoms with van der Waals surface area (Å²) in [7, 11) is -1.19. The Labute approximate surface area is 187 Å². The fourth-order valence-electron chi connectivity index (χ4n) is 3.74. The van der Waals surface area contributed by atoms with Gasteiger partial charge in [0.2, 0.25) is 5.91 Å². The number of nitrogens with two attached hydrogens (primary N) is 1. The van der Waals surface area contributed by atoms with Gasteiger partial charge in [0.25, 0.3) is 0 Å². The van der Waals surface area contributed by atoms with E-state index in [0.29, 0.717) is 16.6 Å². The van der Waals surface area contributed by atoms with Crippen molar-refractivity contribution in [1.82, 2.24) is 9.90 Å². The summed E-state index contributed by atoms with van der Waals surface area (Å²) in [6, 6.07) is 13.1. The molecule has 0 saturated heterocycles. The third kappa shape index (κ3) is 4.53. The van der Waals surface area contributed by atoms with Gasteiger partial charge in [-0.25, -0.2) is 4.92 Å². The molecular weight excluding hydrogens is 411 g/mol. The van der Waals surface area contributed by atoms with Crippen molar-refractivity contribution in [2.24, 2.45) is 10.8 Å². The number of aromatic nitrogens is 1. The highest BCUT2D eigenvalue weighted by atomic mass is 32.1. The molecule has 158 valence electrons. The van der Waals surface area contributed by atoms with Crippen molar-refractivity contribution in [2.45, 2.75) is 19.3 Å². The summed E-state index contributed by atoms with van der Waals surface area (Å²) in [6.45, 7) is 1.48. The number of Topliss-reactive ketones (excluding diaryl/α,β-unsaturated/α-hetero) is 1. The van der Waals surface area contributed by atoms with E-state index in [4.69, 9.17) is 5.73 Å². The number of hydrogen-bond acceptors (Lipinski definition) is 6. The van der Waals surface area contributed by atoms with Gasteiger partial charge in [-0.1, -0.05) is 36.4 Å². The quantitative estimate of drug-likeness (QED) is 0.585. The van der Waals surface area contributed by atoms with Gasteiger partial charge >= 0.3 is 7.05 Å². The van der Waals surface area contributed by atoms with Crippen LogP contribution >= 0.6 is 13.5 Å². The van der Waals surface area contributed by atoms with E-state index in [9.17, 15) is 14.6 Å². The van der Waals surface area contributed by atoms with Crippen LogP contribution in [0.4, 0.5) is 0 Å². The topological polar surface area (TPSA) is 109 Å². The van der Waals surface area contributed by atoms with Gasteiger partial charge in [-0.2, -0.15) is 18.6 Å². The van der Waals surface area contributed by atoms with E-state index in [1.165, 1.54) is 13.1 Å². The molecule has 0 radical (unpaired) electrons. The number of hydrogen-bond donors (Lipinski definition) is 2. The minimum atomic E-state index is -1.19. The smallest absolute Gasteiger partial charge is 0.427 e. The van der Waals surface area contributed by atoms with E-state index in [-0.39, 0.29) is 38.2 Å². The largest absolute Gasteiger partial charge is 0.474 e. The molecule has 9 heteroatoms. The summed E-state index contributed by atoms with van der Waals surface area (Å²) in [5.74, 6) is -0.888. The minimum absolute atomic E-state index is 0. The van der Waals surface area contributed by atoms with Crippen LogP contribution in [0.25, 0.3) is 10.8 Å². The van der Waals surface area contributed by atoms with Gasteiger partial charge in [0.1, 0.15) is 5.78 Å². The van der Waals surface area contributed by atoms with E-state index in [1.54, 1.807) is 24.5 Å². The van der Waals surface area contributed by atoms with Crippen LogP contribution < -0.4 is 11.2 Å². The summed E-state index contributed by atoms with van der Waals surface area (Å²) >= 11 is 0. The first-order valence-corrected chi connectivity index (χ1v) is 9.69. The zero-order valence-electron chi connectivity index (χ0n) is 17.0. The van der Waals surface area contributed by atoms with Crippen molar-refractivity contribution in [3.05, 3.63) is 71.5 Å². The molecule has 7 nitrogen and oxygen atoms in total. The molecule has 2 aromatic carbocycles. The Kier molecular flexibility index (Phi) is 6.89. The predicted octanol–water partition coefficient (Wildman–Crippen LogP) is 1.09. The Balaban J connectivity index is 0.00000272. The lowest BCUT2D eigenvalue weighted by molar-refractivity contribution is -0.125. The van der Waals surface area contributed by atoms with Crippen LogP contribution in [-0.4, -0.2) is 46.4 Å². The lowest BCUT2D eigenvalue weighted by Crippen LogP contribution is -2.51. The SMILES string of the molecule is CC(=O)N1N=Cc2ccc([C@@H](CN)C(=O)Cc3ccc4cnccc4c3)cc2B1O.S. The second-order valence-corrected chi connectivity index (χ2v) is 7.36.